The first-order valence-corrected chi connectivity index (χ1v) is 7.10. The van der Waals surface area contributed by atoms with E-state index in [1.54, 1.807) is 6.20 Å². The van der Waals surface area contributed by atoms with Crippen LogP contribution in [0.5, 0.6) is 0 Å². The Balaban J connectivity index is 2.06. The van der Waals surface area contributed by atoms with E-state index in [0.717, 1.165) is 16.8 Å². The Morgan fingerprint density at radius 1 is 1.10 bits per heavy atom. The lowest BCUT2D eigenvalue weighted by Gasteiger charge is -2.21. The Labute approximate surface area is 125 Å². The van der Waals surface area contributed by atoms with Gasteiger partial charge in [0.15, 0.2) is 0 Å². The largest absolute Gasteiger partial charge is 0.326 e. The van der Waals surface area contributed by atoms with Crippen molar-refractivity contribution in [3.05, 3.63) is 59.9 Å². The van der Waals surface area contributed by atoms with E-state index in [1.165, 1.54) is 6.92 Å². The van der Waals surface area contributed by atoms with E-state index in [0.29, 0.717) is 0 Å². The Morgan fingerprint density at radius 3 is 2.48 bits per heavy atom. The van der Waals surface area contributed by atoms with Crippen LogP contribution in [-0.4, -0.2) is 10.9 Å². The number of rotatable bonds is 5. The van der Waals surface area contributed by atoms with E-state index in [9.17, 15) is 4.79 Å². The molecule has 0 saturated heterocycles. The van der Waals surface area contributed by atoms with Gasteiger partial charge in [-0.15, -0.1) is 0 Å². The van der Waals surface area contributed by atoms with Gasteiger partial charge in [0.2, 0.25) is 5.91 Å². The lowest BCUT2D eigenvalue weighted by molar-refractivity contribution is -0.114. The van der Waals surface area contributed by atoms with Gasteiger partial charge in [-0.2, -0.15) is 0 Å². The van der Waals surface area contributed by atoms with Crippen LogP contribution in [-0.2, 0) is 4.79 Å². The predicted molar refractivity (Wildman–Crippen MR) is 84.9 cm³/mol. The van der Waals surface area contributed by atoms with E-state index < -0.39 is 0 Å². The maximum atomic E-state index is 11.1. The van der Waals surface area contributed by atoms with Gasteiger partial charge in [0.05, 0.1) is 0 Å². The lowest BCUT2D eigenvalue weighted by atomic mass is 10.0. The molecule has 110 valence electrons. The zero-order valence-corrected chi connectivity index (χ0v) is 12.6. The summed E-state index contributed by atoms with van der Waals surface area (Å²) in [7, 11) is 0. The molecule has 4 nitrogen and oxygen atoms in total. The number of hydrogen-bond donors (Lipinski definition) is 2. The fraction of sp³-hybridized carbons (Fsp3) is 0.294. The van der Waals surface area contributed by atoms with Crippen molar-refractivity contribution in [3.8, 4) is 0 Å². The first-order valence-electron chi connectivity index (χ1n) is 7.10. The number of nitrogens with one attached hydrogen (secondary N) is 2. The third-order valence-corrected chi connectivity index (χ3v) is 3.39. The number of amides is 1. The summed E-state index contributed by atoms with van der Waals surface area (Å²) in [6, 6.07) is 12.3. The molecule has 1 amide bonds. The maximum absolute atomic E-state index is 11.1. The van der Waals surface area contributed by atoms with Gasteiger partial charge in [0.25, 0.3) is 0 Å². The average Bonchev–Trinajstić information content (AvgIpc) is 2.47. The number of nitrogens with zero attached hydrogens (tertiary/aromatic N) is 1. The standard InChI is InChI=1S/C17H21N3O/c1-12(19-13(2)16-7-5-9-18-11-16)15-6-4-8-17(10-15)20-14(3)21/h4-13,19H,1-3H3,(H,20,21)/t12?,13-/m1/s1. The van der Waals surface area contributed by atoms with Gasteiger partial charge in [0.1, 0.15) is 0 Å². The lowest BCUT2D eigenvalue weighted by Crippen LogP contribution is -2.22. The molecule has 1 aromatic carbocycles. The molecule has 2 rings (SSSR count). The van der Waals surface area contributed by atoms with Crippen LogP contribution in [0.25, 0.3) is 0 Å². The van der Waals surface area contributed by atoms with Crippen molar-refractivity contribution < 1.29 is 4.79 Å². The van der Waals surface area contributed by atoms with Gasteiger partial charge >= 0.3 is 0 Å². The molecule has 0 aliphatic carbocycles. The van der Waals surface area contributed by atoms with Gasteiger partial charge in [0, 0.05) is 37.1 Å². The molecule has 0 aliphatic rings. The number of hydrogen-bond acceptors (Lipinski definition) is 3. The third-order valence-electron chi connectivity index (χ3n) is 3.39. The summed E-state index contributed by atoms with van der Waals surface area (Å²) < 4.78 is 0. The first-order chi connectivity index (χ1) is 10.1. The number of pyridine rings is 1. The molecule has 4 heteroatoms. The minimum Gasteiger partial charge on any atom is -0.326 e. The second-order valence-corrected chi connectivity index (χ2v) is 5.20. The molecular formula is C17H21N3O. The highest BCUT2D eigenvalue weighted by atomic mass is 16.1. The normalized spacial score (nSPS) is 13.5. The molecule has 1 heterocycles. The van der Waals surface area contributed by atoms with E-state index in [4.69, 9.17) is 0 Å². The first kappa shape index (κ1) is 15.2. The fourth-order valence-corrected chi connectivity index (χ4v) is 2.29. The molecule has 0 radical (unpaired) electrons. The summed E-state index contributed by atoms with van der Waals surface area (Å²) in [4.78, 5) is 15.3. The number of aromatic nitrogens is 1. The van der Waals surface area contributed by atoms with Gasteiger partial charge in [-0.05, 0) is 43.2 Å². The second-order valence-electron chi connectivity index (χ2n) is 5.20. The Kier molecular flexibility index (Phi) is 5.06. The monoisotopic (exact) mass is 283 g/mol. The second kappa shape index (κ2) is 6.99. The van der Waals surface area contributed by atoms with Gasteiger partial charge in [-0.1, -0.05) is 18.2 Å². The summed E-state index contributed by atoms with van der Waals surface area (Å²) in [6.45, 7) is 5.74. The van der Waals surface area contributed by atoms with Crippen molar-refractivity contribution in [3.63, 3.8) is 0 Å². The highest BCUT2D eigenvalue weighted by Crippen LogP contribution is 2.21. The van der Waals surface area contributed by atoms with Gasteiger partial charge in [-0.3, -0.25) is 9.78 Å². The molecule has 0 spiro atoms. The average molecular weight is 283 g/mol. The van der Waals surface area contributed by atoms with Crippen LogP contribution in [0.2, 0.25) is 0 Å². The minimum absolute atomic E-state index is 0.0588. The highest BCUT2D eigenvalue weighted by Gasteiger charge is 2.11. The van der Waals surface area contributed by atoms with Crippen LogP contribution in [0.15, 0.2) is 48.8 Å². The van der Waals surface area contributed by atoms with Crippen LogP contribution in [0.1, 0.15) is 44.0 Å². The molecule has 1 unspecified atom stereocenters. The number of anilines is 1. The summed E-state index contributed by atoms with van der Waals surface area (Å²) in [5.74, 6) is -0.0588. The molecular weight excluding hydrogens is 262 g/mol. The third kappa shape index (κ3) is 4.39. The molecule has 0 saturated carbocycles. The van der Waals surface area contributed by atoms with Crippen molar-refractivity contribution in [2.24, 2.45) is 0 Å². The van der Waals surface area contributed by atoms with E-state index in [2.05, 4.69) is 41.6 Å². The summed E-state index contributed by atoms with van der Waals surface area (Å²) in [6.07, 6.45) is 3.65. The zero-order chi connectivity index (χ0) is 15.2. The van der Waals surface area contributed by atoms with Crippen LogP contribution in [0, 0.1) is 0 Å². The van der Waals surface area contributed by atoms with Crippen molar-refractivity contribution in [1.29, 1.82) is 0 Å². The Morgan fingerprint density at radius 2 is 1.81 bits per heavy atom. The van der Waals surface area contributed by atoms with Crippen LogP contribution in [0.4, 0.5) is 5.69 Å². The predicted octanol–water partition coefficient (Wildman–Crippen LogP) is 3.45. The Hall–Kier alpha value is -2.20. The van der Waals surface area contributed by atoms with Gasteiger partial charge in [-0.25, -0.2) is 0 Å². The molecule has 0 bridgehead atoms. The van der Waals surface area contributed by atoms with Crippen molar-refractivity contribution >= 4 is 11.6 Å². The molecule has 0 aliphatic heterocycles. The molecule has 0 fully saturated rings. The fourth-order valence-electron chi connectivity index (χ4n) is 2.29. The highest BCUT2D eigenvalue weighted by molar-refractivity contribution is 5.88. The maximum Gasteiger partial charge on any atom is 0.221 e. The Bertz CT molecular complexity index is 598. The van der Waals surface area contributed by atoms with Crippen molar-refractivity contribution in [2.75, 3.05) is 5.32 Å². The zero-order valence-electron chi connectivity index (χ0n) is 12.6. The van der Waals surface area contributed by atoms with Crippen molar-refractivity contribution in [1.82, 2.24) is 10.3 Å². The molecule has 1 aromatic heterocycles. The minimum atomic E-state index is -0.0588. The van der Waals surface area contributed by atoms with E-state index in [1.807, 2.05) is 30.5 Å². The number of carbonyl (C=O) groups excluding carboxylic acids is 1. The SMILES string of the molecule is CC(=O)Nc1cccc(C(C)N[C@H](C)c2cccnc2)c1. The van der Waals surface area contributed by atoms with Gasteiger partial charge < -0.3 is 10.6 Å². The molecule has 2 aromatic rings. The molecule has 2 N–H and O–H groups in total. The van der Waals surface area contributed by atoms with E-state index in [-0.39, 0.29) is 18.0 Å². The summed E-state index contributed by atoms with van der Waals surface area (Å²) >= 11 is 0. The van der Waals surface area contributed by atoms with Crippen molar-refractivity contribution in [2.45, 2.75) is 32.9 Å². The quantitative estimate of drug-likeness (QED) is 0.883. The molecule has 2 atom stereocenters. The van der Waals surface area contributed by atoms with Crippen LogP contribution >= 0.6 is 0 Å². The van der Waals surface area contributed by atoms with E-state index >= 15 is 0 Å². The molecule has 21 heavy (non-hydrogen) atoms. The smallest absolute Gasteiger partial charge is 0.221 e. The number of carbonyl (C=O) groups is 1. The summed E-state index contributed by atoms with van der Waals surface area (Å²) in [5, 5.41) is 6.35. The van der Waals surface area contributed by atoms with Crippen LogP contribution < -0.4 is 10.6 Å². The number of benzene rings is 1. The topological polar surface area (TPSA) is 54.0 Å². The van der Waals surface area contributed by atoms with Crippen LogP contribution in [0.3, 0.4) is 0 Å². The summed E-state index contributed by atoms with van der Waals surface area (Å²) in [5.41, 5.74) is 3.11.